The molecule has 7 nitrogen and oxygen atoms in total. The van der Waals surface area contributed by atoms with Crippen molar-refractivity contribution in [1.29, 1.82) is 0 Å². The average molecular weight is 309 g/mol. The fourth-order valence-corrected chi connectivity index (χ4v) is 4.11. The molecule has 0 atom stereocenters. The van der Waals surface area contributed by atoms with Crippen molar-refractivity contribution in [3.8, 4) is 5.75 Å². The highest BCUT2D eigenvalue weighted by atomic mass is 32.2. The number of aromatic hydroxyl groups is 1. The van der Waals surface area contributed by atoms with Gasteiger partial charge in [-0.25, -0.2) is 13.4 Å². The number of sulfonamides is 1. The Morgan fingerprint density at radius 3 is 2.52 bits per heavy atom. The van der Waals surface area contributed by atoms with Crippen LogP contribution < -0.4 is 0 Å². The maximum atomic E-state index is 12.4. The molecule has 1 aromatic heterocycles. The van der Waals surface area contributed by atoms with E-state index in [4.69, 9.17) is 0 Å². The molecule has 1 aliphatic rings. The summed E-state index contributed by atoms with van der Waals surface area (Å²) in [5.74, 6) is 0.121. The second-order valence-electron chi connectivity index (χ2n) is 5.13. The minimum absolute atomic E-state index is 0.0888. The Bertz CT molecular complexity index is 778. The van der Waals surface area contributed by atoms with E-state index >= 15 is 0 Å². The third-order valence-corrected chi connectivity index (χ3v) is 5.44. The Morgan fingerprint density at radius 2 is 1.95 bits per heavy atom. The third kappa shape index (κ3) is 2.11. The second kappa shape index (κ2) is 4.55. The van der Waals surface area contributed by atoms with Crippen molar-refractivity contribution >= 4 is 10.0 Å². The molecule has 2 aromatic rings. The molecule has 0 radical (unpaired) electrons. The Labute approximate surface area is 122 Å². The summed E-state index contributed by atoms with van der Waals surface area (Å²) in [5, 5.41) is 20.1. The lowest BCUT2D eigenvalue weighted by Gasteiger charge is -2.44. The molecule has 0 bridgehead atoms. The molecule has 1 aromatic carbocycles. The maximum absolute atomic E-state index is 12.4. The van der Waals surface area contributed by atoms with Gasteiger partial charge in [0.05, 0.1) is 13.1 Å². The maximum Gasteiger partial charge on any atom is 0.246 e. The molecular formula is C13H15N3O4S. The SMILES string of the molecule is Cn1ccnc1C1(O)CN(S(=O)(=O)c2ccccc2O)C1. The monoisotopic (exact) mass is 309 g/mol. The van der Waals surface area contributed by atoms with Crippen molar-refractivity contribution in [3.05, 3.63) is 42.5 Å². The van der Waals surface area contributed by atoms with Crippen molar-refractivity contribution in [2.75, 3.05) is 13.1 Å². The van der Waals surface area contributed by atoms with Crippen molar-refractivity contribution in [1.82, 2.24) is 13.9 Å². The van der Waals surface area contributed by atoms with Crippen LogP contribution in [0.4, 0.5) is 0 Å². The van der Waals surface area contributed by atoms with Crippen molar-refractivity contribution < 1.29 is 18.6 Å². The quantitative estimate of drug-likeness (QED) is 0.833. The van der Waals surface area contributed by atoms with E-state index in [2.05, 4.69) is 4.98 Å². The Hall–Kier alpha value is -1.90. The van der Waals surface area contributed by atoms with Crippen LogP contribution in [0.25, 0.3) is 0 Å². The predicted octanol–water partition coefficient (Wildman–Crippen LogP) is 0.0178. The molecule has 0 amide bonds. The molecule has 0 unspecified atom stereocenters. The standard InChI is InChI=1S/C13H15N3O4S/c1-15-7-6-14-12(15)13(18)8-16(9-13)21(19,20)11-5-3-2-4-10(11)17/h2-7,17-18H,8-9H2,1H3. The summed E-state index contributed by atoms with van der Waals surface area (Å²) < 4.78 is 27.6. The van der Waals surface area contributed by atoms with Crippen LogP contribution in [-0.2, 0) is 22.7 Å². The minimum Gasteiger partial charge on any atom is -0.507 e. The zero-order valence-corrected chi connectivity index (χ0v) is 12.2. The molecule has 0 aliphatic carbocycles. The topological polar surface area (TPSA) is 95.7 Å². The number of nitrogens with zero attached hydrogens (tertiary/aromatic N) is 3. The molecular weight excluding hydrogens is 294 g/mol. The summed E-state index contributed by atoms with van der Waals surface area (Å²) in [7, 11) is -2.08. The van der Waals surface area contributed by atoms with E-state index in [-0.39, 0.29) is 23.7 Å². The summed E-state index contributed by atoms with van der Waals surface area (Å²) in [5.41, 5.74) is -1.30. The van der Waals surface area contributed by atoms with Gasteiger partial charge in [-0.1, -0.05) is 12.1 Å². The number of imidazole rings is 1. The minimum atomic E-state index is -3.82. The van der Waals surface area contributed by atoms with Gasteiger partial charge < -0.3 is 14.8 Å². The smallest absolute Gasteiger partial charge is 0.246 e. The number of aryl methyl sites for hydroxylation is 1. The second-order valence-corrected chi connectivity index (χ2v) is 7.04. The van der Waals surface area contributed by atoms with Crippen LogP contribution in [0.5, 0.6) is 5.75 Å². The van der Waals surface area contributed by atoms with Crippen LogP contribution in [0.1, 0.15) is 5.82 Å². The van der Waals surface area contributed by atoms with Crippen molar-refractivity contribution in [2.24, 2.45) is 7.05 Å². The number of hydrogen-bond donors (Lipinski definition) is 2. The van der Waals surface area contributed by atoms with E-state index in [1.807, 2.05) is 0 Å². The number of β-amino-alcohol motifs (C(OH)–C–C–N with tert-alkyl or cyclic N) is 1. The summed E-state index contributed by atoms with van der Waals surface area (Å²) in [6, 6.07) is 5.74. The summed E-state index contributed by atoms with van der Waals surface area (Å²) in [6.07, 6.45) is 3.24. The number of para-hydroxylation sites is 1. The molecule has 1 fully saturated rings. The van der Waals surface area contributed by atoms with E-state index in [0.29, 0.717) is 5.82 Å². The van der Waals surface area contributed by atoms with Gasteiger partial charge in [-0.2, -0.15) is 4.31 Å². The Kier molecular flexibility index (Phi) is 3.05. The lowest BCUT2D eigenvalue weighted by atomic mass is 9.96. The zero-order valence-electron chi connectivity index (χ0n) is 11.3. The van der Waals surface area contributed by atoms with Gasteiger partial charge in [0.2, 0.25) is 10.0 Å². The number of benzene rings is 1. The Morgan fingerprint density at radius 1 is 1.29 bits per heavy atom. The lowest BCUT2D eigenvalue weighted by Crippen LogP contribution is -2.61. The molecule has 1 aliphatic heterocycles. The van der Waals surface area contributed by atoms with Gasteiger partial charge >= 0.3 is 0 Å². The number of aliphatic hydroxyl groups is 1. The van der Waals surface area contributed by atoms with Crippen LogP contribution >= 0.6 is 0 Å². The van der Waals surface area contributed by atoms with Gasteiger partial charge in [-0.3, -0.25) is 0 Å². The predicted molar refractivity (Wildman–Crippen MR) is 74.0 cm³/mol. The molecule has 1 saturated heterocycles. The van der Waals surface area contributed by atoms with Crippen LogP contribution in [-0.4, -0.2) is 45.6 Å². The molecule has 2 heterocycles. The first-order chi connectivity index (χ1) is 9.84. The van der Waals surface area contributed by atoms with E-state index in [9.17, 15) is 18.6 Å². The van der Waals surface area contributed by atoms with Gasteiger partial charge in [0.15, 0.2) is 0 Å². The lowest BCUT2D eigenvalue weighted by molar-refractivity contribution is -0.0736. The summed E-state index contributed by atoms with van der Waals surface area (Å²) >= 11 is 0. The number of phenols is 1. The number of rotatable bonds is 3. The number of hydrogen-bond acceptors (Lipinski definition) is 5. The zero-order chi connectivity index (χ0) is 15.3. The van der Waals surface area contributed by atoms with E-state index in [1.165, 1.54) is 18.2 Å². The number of aromatic nitrogens is 2. The normalized spacial score (nSPS) is 18.4. The third-order valence-electron chi connectivity index (χ3n) is 3.60. The molecule has 8 heteroatoms. The van der Waals surface area contributed by atoms with Crippen LogP contribution in [0, 0.1) is 0 Å². The highest BCUT2D eigenvalue weighted by molar-refractivity contribution is 7.89. The van der Waals surface area contributed by atoms with Gasteiger partial charge in [0, 0.05) is 19.4 Å². The Balaban J connectivity index is 1.86. The van der Waals surface area contributed by atoms with Gasteiger partial charge in [-0.15, -0.1) is 0 Å². The van der Waals surface area contributed by atoms with Crippen LogP contribution in [0.15, 0.2) is 41.6 Å². The molecule has 2 N–H and O–H groups in total. The largest absolute Gasteiger partial charge is 0.507 e. The first kappa shape index (κ1) is 14.1. The summed E-state index contributed by atoms with van der Waals surface area (Å²) in [4.78, 5) is 3.90. The molecule has 112 valence electrons. The van der Waals surface area contributed by atoms with Gasteiger partial charge in [0.1, 0.15) is 22.1 Å². The van der Waals surface area contributed by atoms with Crippen LogP contribution in [0.2, 0.25) is 0 Å². The van der Waals surface area contributed by atoms with Crippen molar-refractivity contribution in [3.63, 3.8) is 0 Å². The fraction of sp³-hybridized carbons (Fsp3) is 0.308. The first-order valence-electron chi connectivity index (χ1n) is 6.33. The molecule has 21 heavy (non-hydrogen) atoms. The number of phenolic OH excluding ortho intramolecular Hbond substituents is 1. The first-order valence-corrected chi connectivity index (χ1v) is 7.77. The van der Waals surface area contributed by atoms with Crippen molar-refractivity contribution in [2.45, 2.75) is 10.5 Å². The highest BCUT2D eigenvalue weighted by Crippen LogP contribution is 2.36. The fourth-order valence-electron chi connectivity index (χ4n) is 2.48. The van der Waals surface area contributed by atoms with Gasteiger partial charge in [0.25, 0.3) is 0 Å². The summed E-state index contributed by atoms with van der Waals surface area (Å²) in [6.45, 7) is -0.178. The van der Waals surface area contributed by atoms with E-state index < -0.39 is 15.6 Å². The highest BCUT2D eigenvalue weighted by Gasteiger charge is 2.51. The van der Waals surface area contributed by atoms with E-state index in [0.717, 1.165) is 4.31 Å². The van der Waals surface area contributed by atoms with E-state index in [1.54, 1.807) is 30.1 Å². The molecule has 3 rings (SSSR count). The molecule has 0 saturated carbocycles. The van der Waals surface area contributed by atoms with Crippen LogP contribution in [0.3, 0.4) is 0 Å². The average Bonchev–Trinajstić information content (AvgIpc) is 2.82. The molecule has 0 spiro atoms. The van der Waals surface area contributed by atoms with Gasteiger partial charge in [-0.05, 0) is 12.1 Å².